The first kappa shape index (κ1) is 20.3. The van der Waals surface area contributed by atoms with Crippen LogP contribution in [-0.2, 0) is 11.3 Å². The van der Waals surface area contributed by atoms with Gasteiger partial charge in [-0.25, -0.2) is 0 Å². The van der Waals surface area contributed by atoms with Gasteiger partial charge < -0.3 is 14.3 Å². The summed E-state index contributed by atoms with van der Waals surface area (Å²) in [7, 11) is 1.97. The van der Waals surface area contributed by atoms with Gasteiger partial charge in [-0.15, -0.1) is 0 Å². The predicted octanol–water partition coefficient (Wildman–Crippen LogP) is 4.50. The van der Waals surface area contributed by atoms with Crippen LogP contribution in [0.1, 0.15) is 34.3 Å². The van der Waals surface area contributed by atoms with E-state index in [4.69, 9.17) is 9.15 Å². The molecular formula is C24H29NO3. The molecule has 0 saturated heterocycles. The first-order valence-corrected chi connectivity index (χ1v) is 9.67. The highest BCUT2D eigenvalue weighted by Crippen LogP contribution is 2.28. The number of aryl methyl sites for hydroxylation is 2. The Morgan fingerprint density at radius 1 is 0.964 bits per heavy atom. The molecule has 4 heteroatoms. The van der Waals surface area contributed by atoms with Crippen LogP contribution in [0, 0.1) is 13.8 Å². The van der Waals surface area contributed by atoms with E-state index in [1.54, 1.807) is 0 Å². The van der Waals surface area contributed by atoms with Crippen molar-refractivity contribution in [3.8, 4) is 0 Å². The largest absolute Gasteiger partial charge is 0.465 e. The molecule has 0 aliphatic rings. The molecule has 0 unspecified atom stereocenters. The van der Waals surface area contributed by atoms with Crippen molar-refractivity contribution in [1.29, 1.82) is 0 Å². The molecule has 0 radical (unpaired) electrons. The van der Waals surface area contributed by atoms with Crippen LogP contribution in [0.5, 0.6) is 0 Å². The summed E-state index contributed by atoms with van der Waals surface area (Å²) in [5, 5.41) is 10.5. The summed E-state index contributed by atoms with van der Waals surface area (Å²) in [4.78, 5) is 2.04. The molecule has 1 heterocycles. The minimum atomic E-state index is -0.587. The van der Waals surface area contributed by atoms with E-state index in [0.29, 0.717) is 13.1 Å². The van der Waals surface area contributed by atoms with Crippen molar-refractivity contribution in [2.24, 2.45) is 0 Å². The van der Waals surface area contributed by atoms with E-state index in [1.165, 1.54) is 5.56 Å². The number of likely N-dealkylation sites (N-methyl/N-ethyl adjacent to an activating group) is 1. The van der Waals surface area contributed by atoms with Crippen LogP contribution in [0.15, 0.2) is 71.1 Å². The number of aliphatic hydroxyl groups is 1. The third-order valence-electron chi connectivity index (χ3n) is 4.77. The molecular weight excluding hydrogens is 350 g/mol. The molecule has 3 aromatic rings. The zero-order chi connectivity index (χ0) is 19.9. The predicted molar refractivity (Wildman–Crippen MR) is 111 cm³/mol. The van der Waals surface area contributed by atoms with Crippen molar-refractivity contribution < 1.29 is 14.3 Å². The van der Waals surface area contributed by atoms with Crippen LogP contribution < -0.4 is 0 Å². The lowest BCUT2D eigenvalue weighted by molar-refractivity contribution is -0.00700. The molecule has 4 nitrogen and oxygen atoms in total. The van der Waals surface area contributed by atoms with Gasteiger partial charge in [0.25, 0.3) is 0 Å². The van der Waals surface area contributed by atoms with Crippen LogP contribution in [0.4, 0.5) is 0 Å². The second-order valence-corrected chi connectivity index (χ2v) is 7.34. The fourth-order valence-corrected chi connectivity index (χ4v) is 3.39. The molecule has 0 amide bonds. The van der Waals surface area contributed by atoms with Crippen LogP contribution in [0.25, 0.3) is 0 Å². The molecule has 148 valence electrons. The lowest BCUT2D eigenvalue weighted by Gasteiger charge is -2.24. The molecule has 1 N–H and O–H groups in total. The molecule has 1 aromatic heterocycles. The van der Waals surface area contributed by atoms with E-state index < -0.39 is 6.10 Å². The number of ether oxygens (including phenoxy) is 1. The summed E-state index contributed by atoms with van der Waals surface area (Å²) in [6.45, 7) is 5.45. The van der Waals surface area contributed by atoms with Gasteiger partial charge in [0, 0.05) is 6.54 Å². The highest BCUT2D eigenvalue weighted by molar-refractivity contribution is 5.35. The van der Waals surface area contributed by atoms with E-state index in [2.05, 4.69) is 31.2 Å². The van der Waals surface area contributed by atoms with Crippen molar-refractivity contribution in [2.45, 2.75) is 32.6 Å². The molecule has 28 heavy (non-hydrogen) atoms. The maximum atomic E-state index is 10.5. The normalized spacial score (nSPS) is 13.6. The highest BCUT2D eigenvalue weighted by atomic mass is 16.5. The Morgan fingerprint density at radius 3 is 2.36 bits per heavy atom. The van der Waals surface area contributed by atoms with Crippen molar-refractivity contribution in [1.82, 2.24) is 4.90 Å². The Balaban J connectivity index is 1.62. The molecule has 3 rings (SSSR count). The highest BCUT2D eigenvalue weighted by Gasteiger charge is 2.19. The molecule has 0 aliphatic carbocycles. The average molecular weight is 380 g/mol. The fourth-order valence-electron chi connectivity index (χ4n) is 3.39. The van der Waals surface area contributed by atoms with Gasteiger partial charge in [-0.05, 0) is 49.7 Å². The van der Waals surface area contributed by atoms with E-state index in [1.807, 2.05) is 61.3 Å². The quantitative estimate of drug-likeness (QED) is 0.595. The third kappa shape index (κ3) is 5.55. The number of furan rings is 1. The molecule has 0 saturated carbocycles. The van der Waals surface area contributed by atoms with Gasteiger partial charge in [0.05, 0.1) is 19.3 Å². The van der Waals surface area contributed by atoms with Gasteiger partial charge in [-0.3, -0.25) is 4.90 Å². The fraction of sp³-hybridized carbons (Fsp3) is 0.333. The maximum absolute atomic E-state index is 10.5. The minimum absolute atomic E-state index is 0.199. The number of hydrogen-bond donors (Lipinski definition) is 1. The molecule has 0 spiro atoms. The Labute approximate surface area is 167 Å². The van der Waals surface area contributed by atoms with E-state index in [0.717, 1.165) is 22.6 Å². The molecule has 2 atom stereocenters. The first-order chi connectivity index (χ1) is 13.5. The molecule has 0 aliphatic heterocycles. The van der Waals surface area contributed by atoms with E-state index in [9.17, 15) is 5.11 Å². The van der Waals surface area contributed by atoms with Crippen LogP contribution in [0.2, 0.25) is 0 Å². The summed E-state index contributed by atoms with van der Waals surface area (Å²) in [6, 6.07) is 22.3. The molecule has 2 aromatic carbocycles. The third-order valence-corrected chi connectivity index (χ3v) is 4.77. The Hall–Kier alpha value is -2.40. The van der Waals surface area contributed by atoms with Gasteiger partial charge in [-0.1, -0.05) is 54.6 Å². The minimum Gasteiger partial charge on any atom is -0.465 e. The van der Waals surface area contributed by atoms with Crippen LogP contribution in [0.3, 0.4) is 0 Å². The lowest BCUT2D eigenvalue weighted by Crippen LogP contribution is -2.32. The number of rotatable bonds is 9. The lowest BCUT2D eigenvalue weighted by atomic mass is 9.97. The summed E-state index contributed by atoms with van der Waals surface area (Å²) in [5.41, 5.74) is 3.39. The average Bonchev–Trinajstić information content (AvgIpc) is 3.08. The number of benzene rings is 2. The SMILES string of the molecule is Cc1ccc(CN(C)C[C@H](O)CO[C@@H](c2ccccc2)c2ccccc2C)o1. The van der Waals surface area contributed by atoms with Crippen molar-refractivity contribution in [3.05, 3.63) is 94.9 Å². The zero-order valence-corrected chi connectivity index (χ0v) is 16.8. The van der Waals surface area contributed by atoms with Crippen LogP contribution >= 0.6 is 0 Å². The van der Waals surface area contributed by atoms with E-state index >= 15 is 0 Å². The van der Waals surface area contributed by atoms with Gasteiger partial charge in [0.15, 0.2) is 0 Å². The maximum Gasteiger partial charge on any atom is 0.118 e. The van der Waals surface area contributed by atoms with Crippen molar-refractivity contribution in [2.75, 3.05) is 20.2 Å². The van der Waals surface area contributed by atoms with E-state index in [-0.39, 0.29) is 12.7 Å². The summed E-state index contributed by atoms with van der Waals surface area (Å²) in [5.74, 6) is 1.80. The topological polar surface area (TPSA) is 45.8 Å². The zero-order valence-electron chi connectivity index (χ0n) is 16.8. The monoisotopic (exact) mass is 379 g/mol. The Kier molecular flexibility index (Phi) is 7.04. The Morgan fingerprint density at radius 2 is 1.68 bits per heavy atom. The summed E-state index contributed by atoms with van der Waals surface area (Å²) >= 11 is 0. The number of nitrogens with zero attached hydrogens (tertiary/aromatic N) is 1. The van der Waals surface area contributed by atoms with Crippen molar-refractivity contribution >= 4 is 0 Å². The van der Waals surface area contributed by atoms with Gasteiger partial charge in [-0.2, -0.15) is 0 Å². The van der Waals surface area contributed by atoms with Gasteiger partial charge in [0.1, 0.15) is 17.6 Å². The second-order valence-electron chi connectivity index (χ2n) is 7.34. The standard InChI is InChI=1S/C24H29NO3/c1-18-9-7-8-12-23(18)24(20-10-5-4-6-11-20)27-17-21(26)15-25(3)16-22-14-13-19(2)28-22/h4-14,21,24,26H,15-17H2,1-3H3/t21-,24-/m0/s1. The smallest absolute Gasteiger partial charge is 0.118 e. The number of aliphatic hydroxyl groups excluding tert-OH is 1. The summed E-state index contributed by atoms with van der Waals surface area (Å²) in [6.07, 6.45) is -0.786. The second kappa shape index (κ2) is 9.69. The first-order valence-electron chi connectivity index (χ1n) is 9.67. The van der Waals surface area contributed by atoms with Gasteiger partial charge >= 0.3 is 0 Å². The number of hydrogen-bond acceptors (Lipinski definition) is 4. The van der Waals surface area contributed by atoms with Gasteiger partial charge in [0.2, 0.25) is 0 Å². The molecule has 0 bridgehead atoms. The van der Waals surface area contributed by atoms with Crippen molar-refractivity contribution in [3.63, 3.8) is 0 Å². The summed E-state index contributed by atoms with van der Waals surface area (Å²) < 4.78 is 11.8. The van der Waals surface area contributed by atoms with Crippen LogP contribution in [-0.4, -0.2) is 36.3 Å². The molecule has 0 fully saturated rings. The Bertz CT molecular complexity index is 859.